The van der Waals surface area contributed by atoms with E-state index in [2.05, 4.69) is 6.92 Å². The molecule has 24 heavy (non-hydrogen) atoms. The molecule has 0 radical (unpaired) electrons. The molecule has 0 heterocycles. The van der Waals surface area contributed by atoms with E-state index in [9.17, 15) is 0 Å². The predicted molar refractivity (Wildman–Crippen MR) is 97.0 cm³/mol. The summed E-state index contributed by atoms with van der Waals surface area (Å²) < 4.78 is 23.0. The van der Waals surface area contributed by atoms with Crippen molar-refractivity contribution in [3.63, 3.8) is 0 Å². The number of unbranched alkanes of at least 4 members (excludes halogenated alkanes) is 4. The maximum absolute atomic E-state index is 8.74. The summed E-state index contributed by atoms with van der Waals surface area (Å²) in [5, 5.41) is 8.74. The highest BCUT2D eigenvalue weighted by Crippen LogP contribution is 2.15. The van der Waals surface area contributed by atoms with Crippen LogP contribution in [0.2, 0.25) is 0 Å². The minimum Gasteiger partial charge on any atom is -0.396 e. The third-order valence-electron chi connectivity index (χ3n) is 3.64. The van der Waals surface area contributed by atoms with Gasteiger partial charge in [0.25, 0.3) is 0 Å². The van der Waals surface area contributed by atoms with Gasteiger partial charge in [-0.1, -0.05) is 19.8 Å². The van der Waals surface area contributed by atoms with E-state index < -0.39 is 11.6 Å². The van der Waals surface area contributed by atoms with Crippen LogP contribution in [0.25, 0.3) is 0 Å². The molecule has 5 nitrogen and oxygen atoms in total. The molecular weight excluding hydrogens is 308 g/mol. The van der Waals surface area contributed by atoms with Crippen LogP contribution in [-0.4, -0.2) is 49.7 Å². The lowest BCUT2D eigenvalue weighted by molar-refractivity contribution is -0.221. The van der Waals surface area contributed by atoms with Gasteiger partial charge in [-0.25, -0.2) is 0 Å². The van der Waals surface area contributed by atoms with Crippen molar-refractivity contribution in [1.82, 2.24) is 0 Å². The highest BCUT2D eigenvalue weighted by atomic mass is 16.7. The van der Waals surface area contributed by atoms with Crippen molar-refractivity contribution in [2.45, 2.75) is 91.1 Å². The molecular formula is C19H40O5. The van der Waals surface area contributed by atoms with Crippen LogP contribution in [-0.2, 0) is 18.9 Å². The largest absolute Gasteiger partial charge is 0.396 e. The first-order valence-electron chi connectivity index (χ1n) is 9.49. The molecule has 0 saturated heterocycles. The standard InChI is InChI=1S/C19H40O5/c1-6-7-9-14-21-18(2,3)23-16-11-12-17-24-19(4,5)22-15-10-8-13-20/h20H,6-17H2,1-5H3. The first-order chi connectivity index (χ1) is 11.3. The van der Waals surface area contributed by atoms with Crippen molar-refractivity contribution < 1.29 is 24.1 Å². The van der Waals surface area contributed by atoms with E-state index in [0.29, 0.717) is 19.8 Å². The predicted octanol–water partition coefficient (Wildman–Crippen LogP) is 4.27. The Morgan fingerprint density at radius 2 is 0.917 bits per heavy atom. The number of hydrogen-bond donors (Lipinski definition) is 1. The maximum Gasteiger partial charge on any atom is 0.162 e. The van der Waals surface area contributed by atoms with Gasteiger partial charge >= 0.3 is 0 Å². The van der Waals surface area contributed by atoms with Crippen molar-refractivity contribution >= 4 is 0 Å². The number of ether oxygens (including phenoxy) is 4. The topological polar surface area (TPSA) is 57.2 Å². The third-order valence-corrected chi connectivity index (χ3v) is 3.64. The number of aliphatic hydroxyl groups excluding tert-OH is 1. The lowest BCUT2D eigenvalue weighted by atomic mass is 10.2. The SMILES string of the molecule is CCCCCOC(C)(C)OCCCCOC(C)(C)OCCCCO. The first-order valence-corrected chi connectivity index (χ1v) is 9.49. The Labute approximate surface area is 149 Å². The Balaban J connectivity index is 3.60. The molecule has 0 aliphatic heterocycles. The molecule has 0 amide bonds. The molecule has 0 aliphatic rings. The Bertz CT molecular complexity index is 251. The van der Waals surface area contributed by atoms with Crippen molar-refractivity contribution in [3.8, 4) is 0 Å². The van der Waals surface area contributed by atoms with E-state index in [-0.39, 0.29) is 6.61 Å². The summed E-state index contributed by atoms with van der Waals surface area (Å²) in [5.74, 6) is -1.08. The zero-order valence-corrected chi connectivity index (χ0v) is 16.6. The van der Waals surface area contributed by atoms with E-state index in [1.54, 1.807) is 0 Å². The second-order valence-corrected chi connectivity index (χ2v) is 7.04. The first kappa shape index (κ1) is 23.8. The van der Waals surface area contributed by atoms with E-state index in [1.165, 1.54) is 12.8 Å². The summed E-state index contributed by atoms with van der Waals surface area (Å²) in [4.78, 5) is 0. The molecule has 0 unspecified atom stereocenters. The zero-order chi connectivity index (χ0) is 18.3. The normalized spacial score (nSPS) is 12.8. The number of hydrogen-bond acceptors (Lipinski definition) is 5. The van der Waals surface area contributed by atoms with E-state index >= 15 is 0 Å². The average Bonchev–Trinajstić information content (AvgIpc) is 2.51. The van der Waals surface area contributed by atoms with Gasteiger partial charge in [-0.3, -0.25) is 0 Å². The quantitative estimate of drug-likeness (QED) is 0.314. The van der Waals surface area contributed by atoms with Gasteiger partial charge in [-0.15, -0.1) is 0 Å². The molecule has 0 aromatic rings. The van der Waals surface area contributed by atoms with Crippen LogP contribution < -0.4 is 0 Å². The summed E-state index contributed by atoms with van der Waals surface area (Å²) >= 11 is 0. The van der Waals surface area contributed by atoms with Crippen LogP contribution in [0.15, 0.2) is 0 Å². The second kappa shape index (κ2) is 14.0. The van der Waals surface area contributed by atoms with Crippen molar-refractivity contribution in [1.29, 1.82) is 0 Å². The number of rotatable bonds is 17. The molecule has 0 fully saturated rings. The maximum atomic E-state index is 8.74. The smallest absolute Gasteiger partial charge is 0.162 e. The van der Waals surface area contributed by atoms with Gasteiger partial charge in [0.15, 0.2) is 11.6 Å². The van der Waals surface area contributed by atoms with Crippen LogP contribution in [0.3, 0.4) is 0 Å². The average molecular weight is 349 g/mol. The fraction of sp³-hybridized carbons (Fsp3) is 1.00. The fourth-order valence-corrected chi connectivity index (χ4v) is 2.13. The molecule has 0 saturated carbocycles. The van der Waals surface area contributed by atoms with Crippen LogP contribution in [0.5, 0.6) is 0 Å². The van der Waals surface area contributed by atoms with Crippen LogP contribution in [0, 0.1) is 0 Å². The number of aliphatic hydroxyl groups is 1. The van der Waals surface area contributed by atoms with Gasteiger partial charge < -0.3 is 24.1 Å². The molecule has 0 aliphatic carbocycles. The Morgan fingerprint density at radius 3 is 1.25 bits per heavy atom. The minimum atomic E-state index is -0.571. The van der Waals surface area contributed by atoms with Crippen molar-refractivity contribution in [2.24, 2.45) is 0 Å². The van der Waals surface area contributed by atoms with Crippen LogP contribution in [0.1, 0.15) is 79.6 Å². The van der Waals surface area contributed by atoms with E-state index in [0.717, 1.165) is 38.7 Å². The summed E-state index contributed by atoms with van der Waals surface area (Å²) in [6, 6.07) is 0. The molecule has 5 heteroatoms. The highest BCUT2D eigenvalue weighted by molar-refractivity contribution is 4.56. The summed E-state index contributed by atoms with van der Waals surface area (Å²) in [7, 11) is 0. The molecule has 146 valence electrons. The highest BCUT2D eigenvalue weighted by Gasteiger charge is 2.19. The van der Waals surface area contributed by atoms with E-state index in [1.807, 2.05) is 27.7 Å². The molecule has 0 atom stereocenters. The Kier molecular flexibility index (Phi) is 13.9. The lowest BCUT2D eigenvalue weighted by Gasteiger charge is -2.27. The molecule has 0 aromatic heterocycles. The molecule has 0 rings (SSSR count). The lowest BCUT2D eigenvalue weighted by Crippen LogP contribution is -2.30. The monoisotopic (exact) mass is 348 g/mol. The summed E-state index contributed by atoms with van der Waals surface area (Å²) in [5.41, 5.74) is 0. The second-order valence-electron chi connectivity index (χ2n) is 7.04. The Morgan fingerprint density at radius 1 is 0.583 bits per heavy atom. The van der Waals surface area contributed by atoms with Gasteiger partial charge in [0.1, 0.15) is 0 Å². The fourth-order valence-electron chi connectivity index (χ4n) is 2.13. The van der Waals surface area contributed by atoms with Gasteiger partial charge in [-0.05, 0) is 59.8 Å². The van der Waals surface area contributed by atoms with E-state index in [4.69, 9.17) is 24.1 Å². The van der Waals surface area contributed by atoms with Crippen LogP contribution in [0.4, 0.5) is 0 Å². The molecule has 0 bridgehead atoms. The molecule has 0 aromatic carbocycles. The summed E-state index contributed by atoms with van der Waals surface area (Å²) in [6.45, 7) is 12.9. The zero-order valence-electron chi connectivity index (χ0n) is 16.6. The Hall–Kier alpha value is -0.200. The van der Waals surface area contributed by atoms with Gasteiger partial charge in [0.2, 0.25) is 0 Å². The van der Waals surface area contributed by atoms with Crippen molar-refractivity contribution in [2.75, 3.05) is 33.0 Å². The molecule has 0 spiro atoms. The van der Waals surface area contributed by atoms with Gasteiger partial charge in [0.05, 0.1) is 19.8 Å². The van der Waals surface area contributed by atoms with Gasteiger partial charge in [-0.2, -0.15) is 0 Å². The summed E-state index contributed by atoms with van der Waals surface area (Å²) in [6.07, 6.45) is 6.97. The van der Waals surface area contributed by atoms with Crippen LogP contribution >= 0.6 is 0 Å². The minimum absolute atomic E-state index is 0.212. The van der Waals surface area contributed by atoms with Crippen molar-refractivity contribution in [3.05, 3.63) is 0 Å². The van der Waals surface area contributed by atoms with Gasteiger partial charge in [0, 0.05) is 13.2 Å². The molecule has 1 N–H and O–H groups in total. The third kappa shape index (κ3) is 15.3.